The van der Waals surface area contributed by atoms with E-state index in [2.05, 4.69) is 15.6 Å². The van der Waals surface area contributed by atoms with Gasteiger partial charge in [-0.3, -0.25) is 4.79 Å². The van der Waals surface area contributed by atoms with Crippen LogP contribution in [0.2, 0.25) is 0 Å². The van der Waals surface area contributed by atoms with Gasteiger partial charge in [-0.15, -0.1) is 0 Å². The first kappa shape index (κ1) is 14.4. The first-order valence-electron chi connectivity index (χ1n) is 6.59. The van der Waals surface area contributed by atoms with Gasteiger partial charge in [-0.1, -0.05) is 0 Å². The van der Waals surface area contributed by atoms with Gasteiger partial charge < -0.3 is 26.5 Å². The van der Waals surface area contributed by atoms with Gasteiger partial charge in [0, 0.05) is 28.8 Å². The van der Waals surface area contributed by atoms with E-state index in [-0.39, 0.29) is 11.5 Å². The second kappa shape index (κ2) is 5.34. The molecule has 0 bridgehead atoms. The molecule has 0 spiro atoms. The van der Waals surface area contributed by atoms with E-state index in [9.17, 15) is 14.4 Å². The number of hydrogen-bond donors (Lipinski definition) is 5. The van der Waals surface area contributed by atoms with E-state index in [4.69, 9.17) is 10.8 Å². The smallest absolute Gasteiger partial charge is 0.337 e. The van der Waals surface area contributed by atoms with Crippen molar-refractivity contribution in [3.05, 3.63) is 47.3 Å². The Morgan fingerprint density at radius 2 is 2.04 bits per heavy atom. The molecule has 0 atom stereocenters. The number of aromatic carboxylic acids is 1. The van der Waals surface area contributed by atoms with Crippen LogP contribution < -0.4 is 16.4 Å². The minimum Gasteiger partial charge on any atom is -0.478 e. The van der Waals surface area contributed by atoms with E-state index in [1.165, 1.54) is 12.3 Å². The fourth-order valence-corrected chi connectivity index (χ4v) is 2.33. The molecule has 1 aromatic carbocycles. The Morgan fingerprint density at radius 1 is 1.26 bits per heavy atom. The van der Waals surface area contributed by atoms with E-state index >= 15 is 0 Å². The first-order valence-corrected chi connectivity index (χ1v) is 6.59. The number of nitrogens with one attached hydrogen (secondary N) is 3. The van der Waals surface area contributed by atoms with Gasteiger partial charge >= 0.3 is 12.0 Å². The van der Waals surface area contributed by atoms with Crippen LogP contribution in [0.1, 0.15) is 21.6 Å². The summed E-state index contributed by atoms with van der Waals surface area (Å²) >= 11 is 0. The van der Waals surface area contributed by atoms with Crippen LogP contribution in [0.15, 0.2) is 30.5 Å². The number of carboxylic acid groups (broad SMARTS) is 1. The second-order valence-corrected chi connectivity index (χ2v) is 4.91. The SMILES string of the molecule is NC(=O)Nc1ccc2c(c1)/C(=C/c1cc(C(=O)O)c[nH]1)C(=O)N2. The summed E-state index contributed by atoms with van der Waals surface area (Å²) in [6.45, 7) is 0. The topological polar surface area (TPSA) is 137 Å². The standard InChI is InChI=1S/C15H12N4O4/c16-15(23)18-8-1-2-12-10(4-8)11(13(20)19-12)5-9-3-7(6-17-9)14(21)22/h1-6,17H,(H,19,20)(H,21,22)(H3,16,18,23)/b11-5-. The lowest BCUT2D eigenvalue weighted by Crippen LogP contribution is -2.19. The lowest BCUT2D eigenvalue weighted by molar-refractivity contribution is -0.110. The van der Waals surface area contributed by atoms with Crippen molar-refractivity contribution in [2.75, 3.05) is 10.6 Å². The van der Waals surface area contributed by atoms with Crippen LogP contribution in [0.5, 0.6) is 0 Å². The third-order valence-corrected chi connectivity index (χ3v) is 3.32. The van der Waals surface area contributed by atoms with E-state index < -0.39 is 12.0 Å². The maximum Gasteiger partial charge on any atom is 0.337 e. The number of carboxylic acids is 1. The fraction of sp³-hybridized carbons (Fsp3) is 0. The molecular weight excluding hydrogens is 300 g/mol. The van der Waals surface area contributed by atoms with Gasteiger partial charge in [0.05, 0.1) is 11.1 Å². The Kier molecular flexibility index (Phi) is 3.34. The summed E-state index contributed by atoms with van der Waals surface area (Å²) in [5.74, 6) is -1.38. The Labute approximate surface area is 130 Å². The monoisotopic (exact) mass is 312 g/mol. The lowest BCUT2D eigenvalue weighted by atomic mass is 10.1. The van der Waals surface area contributed by atoms with Gasteiger partial charge in [-0.05, 0) is 30.3 Å². The molecule has 23 heavy (non-hydrogen) atoms. The van der Waals surface area contributed by atoms with E-state index in [1.54, 1.807) is 24.3 Å². The fourth-order valence-electron chi connectivity index (χ4n) is 2.33. The molecule has 3 rings (SSSR count). The highest BCUT2D eigenvalue weighted by molar-refractivity contribution is 6.35. The number of aromatic nitrogens is 1. The predicted molar refractivity (Wildman–Crippen MR) is 83.9 cm³/mol. The van der Waals surface area contributed by atoms with Crippen molar-refractivity contribution in [1.29, 1.82) is 0 Å². The summed E-state index contributed by atoms with van der Waals surface area (Å²) in [6, 6.07) is 5.60. The number of anilines is 2. The third-order valence-electron chi connectivity index (χ3n) is 3.32. The van der Waals surface area contributed by atoms with Crippen LogP contribution in [-0.2, 0) is 4.79 Å². The summed E-state index contributed by atoms with van der Waals surface area (Å²) in [5, 5.41) is 14.1. The van der Waals surface area contributed by atoms with Crippen LogP contribution in [0.25, 0.3) is 11.6 Å². The molecule has 0 saturated heterocycles. The second-order valence-electron chi connectivity index (χ2n) is 4.91. The number of H-pyrrole nitrogens is 1. The van der Waals surface area contributed by atoms with Crippen LogP contribution in [0, 0.1) is 0 Å². The van der Waals surface area contributed by atoms with E-state index in [0.29, 0.717) is 28.2 Å². The minimum atomic E-state index is -1.06. The highest BCUT2D eigenvalue weighted by Crippen LogP contribution is 2.35. The summed E-state index contributed by atoms with van der Waals surface area (Å²) in [6.07, 6.45) is 2.88. The Bertz CT molecular complexity index is 866. The Morgan fingerprint density at radius 3 is 2.70 bits per heavy atom. The van der Waals surface area contributed by atoms with Crippen molar-refractivity contribution in [3.8, 4) is 0 Å². The van der Waals surface area contributed by atoms with Crippen molar-refractivity contribution in [1.82, 2.24) is 4.98 Å². The molecule has 1 aromatic heterocycles. The van der Waals surface area contributed by atoms with Crippen LogP contribution in [-0.4, -0.2) is 28.0 Å². The number of carbonyl (C=O) groups is 3. The molecule has 1 aliphatic rings. The molecule has 0 aliphatic carbocycles. The highest BCUT2D eigenvalue weighted by Gasteiger charge is 2.24. The number of amides is 3. The Balaban J connectivity index is 2.00. The summed E-state index contributed by atoms with van der Waals surface area (Å²) < 4.78 is 0. The normalized spacial score (nSPS) is 14.4. The molecule has 0 fully saturated rings. The lowest BCUT2D eigenvalue weighted by Gasteiger charge is -2.04. The molecule has 1 aliphatic heterocycles. The van der Waals surface area contributed by atoms with Crippen LogP contribution in [0.3, 0.4) is 0 Å². The van der Waals surface area contributed by atoms with Gasteiger partial charge in [0.15, 0.2) is 0 Å². The molecule has 0 saturated carbocycles. The van der Waals surface area contributed by atoms with Gasteiger partial charge in [0.1, 0.15) is 0 Å². The minimum absolute atomic E-state index is 0.0969. The molecule has 8 heteroatoms. The number of rotatable bonds is 3. The van der Waals surface area contributed by atoms with Gasteiger partial charge in [-0.25, -0.2) is 9.59 Å². The van der Waals surface area contributed by atoms with E-state index in [1.807, 2.05) is 0 Å². The highest BCUT2D eigenvalue weighted by atomic mass is 16.4. The van der Waals surface area contributed by atoms with E-state index in [0.717, 1.165) is 0 Å². The molecule has 0 unspecified atom stereocenters. The van der Waals surface area contributed by atoms with Gasteiger partial charge in [0.2, 0.25) is 0 Å². The average Bonchev–Trinajstić information content (AvgIpc) is 3.05. The van der Waals surface area contributed by atoms with Crippen molar-refractivity contribution >= 4 is 40.9 Å². The number of fused-ring (bicyclic) bond motifs is 1. The maximum absolute atomic E-state index is 12.1. The number of primary amides is 1. The average molecular weight is 312 g/mol. The molecule has 6 N–H and O–H groups in total. The predicted octanol–water partition coefficient (Wildman–Crippen LogP) is 1.70. The molecule has 2 aromatic rings. The number of aromatic amines is 1. The zero-order chi connectivity index (χ0) is 16.6. The summed E-state index contributed by atoms with van der Waals surface area (Å²) in [4.78, 5) is 36.7. The number of carbonyl (C=O) groups excluding carboxylic acids is 2. The number of nitrogens with two attached hydrogens (primary N) is 1. The third kappa shape index (κ3) is 2.77. The van der Waals surface area contributed by atoms with Gasteiger partial charge in [0.25, 0.3) is 5.91 Å². The van der Waals surface area contributed by atoms with Gasteiger partial charge in [-0.2, -0.15) is 0 Å². The van der Waals surface area contributed by atoms with Crippen molar-refractivity contribution in [2.24, 2.45) is 5.73 Å². The molecule has 3 amide bonds. The van der Waals surface area contributed by atoms with Crippen molar-refractivity contribution < 1.29 is 19.5 Å². The number of urea groups is 1. The summed E-state index contributed by atoms with van der Waals surface area (Å²) in [7, 11) is 0. The largest absolute Gasteiger partial charge is 0.478 e. The van der Waals surface area contributed by atoms with Crippen molar-refractivity contribution in [2.45, 2.75) is 0 Å². The van der Waals surface area contributed by atoms with Crippen LogP contribution >= 0.6 is 0 Å². The summed E-state index contributed by atoms with van der Waals surface area (Å²) in [5.41, 5.74) is 7.65. The molecule has 0 radical (unpaired) electrons. The molecule has 116 valence electrons. The number of benzene rings is 1. The quantitative estimate of drug-likeness (QED) is 0.551. The molecular formula is C15H12N4O4. The maximum atomic E-state index is 12.1. The number of hydrogen-bond acceptors (Lipinski definition) is 3. The Hall–Kier alpha value is -3.55. The zero-order valence-electron chi connectivity index (χ0n) is 11.7. The first-order chi connectivity index (χ1) is 10.9. The molecule has 8 nitrogen and oxygen atoms in total. The van der Waals surface area contributed by atoms with Crippen LogP contribution in [0.4, 0.5) is 16.2 Å². The van der Waals surface area contributed by atoms with Crippen molar-refractivity contribution in [3.63, 3.8) is 0 Å². The molecule has 2 heterocycles. The zero-order valence-corrected chi connectivity index (χ0v) is 11.7.